The fourth-order valence-electron chi connectivity index (χ4n) is 2.22. The number of hydrogen-bond acceptors (Lipinski definition) is 4. The molecular formula is C15H15BrN2O2S. The molecule has 1 heterocycles. The molecule has 2 aromatic rings. The van der Waals surface area contributed by atoms with Crippen molar-refractivity contribution >= 4 is 38.3 Å². The van der Waals surface area contributed by atoms with Gasteiger partial charge in [0.25, 0.3) is 5.91 Å². The van der Waals surface area contributed by atoms with Crippen LogP contribution in [0.2, 0.25) is 0 Å². The fraction of sp³-hybridized carbons (Fsp3) is 0.333. The van der Waals surface area contributed by atoms with E-state index in [4.69, 9.17) is 4.74 Å². The molecule has 1 aromatic carbocycles. The molecule has 4 nitrogen and oxygen atoms in total. The first kappa shape index (κ1) is 14.5. The molecular weight excluding hydrogens is 352 g/mol. The number of nitrogens with zero attached hydrogens (tertiary/aromatic N) is 1. The molecule has 3 rings (SSSR count). The minimum atomic E-state index is -0.565. The summed E-state index contributed by atoms with van der Waals surface area (Å²) in [5.74, 6) is 0.493. The summed E-state index contributed by atoms with van der Waals surface area (Å²) in [5, 5.41) is 3.51. The van der Waals surface area contributed by atoms with Crippen molar-refractivity contribution in [2.75, 3.05) is 5.32 Å². The number of amides is 1. The molecule has 0 saturated carbocycles. The largest absolute Gasteiger partial charge is 0.481 e. The van der Waals surface area contributed by atoms with E-state index in [1.54, 1.807) is 18.3 Å². The minimum Gasteiger partial charge on any atom is -0.481 e. The number of nitrogens with one attached hydrogen (secondary N) is 1. The molecule has 1 atom stereocenters. The van der Waals surface area contributed by atoms with Gasteiger partial charge in [-0.25, -0.2) is 4.98 Å². The number of benzene rings is 1. The van der Waals surface area contributed by atoms with Crippen LogP contribution < -0.4 is 10.1 Å². The number of aromatic nitrogens is 1. The van der Waals surface area contributed by atoms with Crippen molar-refractivity contribution in [2.24, 2.45) is 0 Å². The van der Waals surface area contributed by atoms with Gasteiger partial charge in [-0.1, -0.05) is 15.9 Å². The highest BCUT2D eigenvalue weighted by molar-refractivity contribution is 9.10. The first-order valence-electron chi connectivity index (χ1n) is 6.83. The fourth-order valence-corrected chi connectivity index (χ4v) is 3.54. The molecule has 1 aromatic heterocycles. The third-order valence-corrected chi connectivity index (χ3v) is 4.92. The average Bonchev–Trinajstić information content (AvgIpc) is 3.02. The van der Waals surface area contributed by atoms with Crippen molar-refractivity contribution in [3.05, 3.63) is 39.3 Å². The molecule has 0 bridgehead atoms. The van der Waals surface area contributed by atoms with Crippen LogP contribution in [-0.2, 0) is 17.6 Å². The van der Waals surface area contributed by atoms with Gasteiger partial charge in [-0.15, -0.1) is 11.3 Å². The number of rotatable bonds is 4. The Hall–Kier alpha value is -1.40. The van der Waals surface area contributed by atoms with Crippen LogP contribution in [0, 0.1) is 0 Å². The van der Waals surface area contributed by atoms with Gasteiger partial charge in [-0.2, -0.15) is 0 Å². The predicted molar refractivity (Wildman–Crippen MR) is 87.0 cm³/mol. The van der Waals surface area contributed by atoms with Gasteiger partial charge >= 0.3 is 0 Å². The number of aryl methyl sites for hydroxylation is 2. The standard InChI is InChI=1S/C15H15BrN2O2S/c1-9(20-11-7-5-10(16)6-8-11)14(19)18-15-17-12-3-2-4-13(12)21-15/h5-9H,2-4H2,1H3,(H,17,18,19)/t9-/m1/s1. The number of anilines is 1. The SMILES string of the molecule is C[C@@H](Oc1ccc(Br)cc1)C(=O)Nc1nc2c(s1)CCC2. The van der Waals surface area contributed by atoms with Crippen molar-refractivity contribution < 1.29 is 9.53 Å². The lowest BCUT2D eigenvalue weighted by Crippen LogP contribution is -2.30. The van der Waals surface area contributed by atoms with Crippen molar-refractivity contribution in [3.63, 3.8) is 0 Å². The number of carbonyl (C=O) groups excluding carboxylic acids is 1. The third kappa shape index (κ3) is 3.44. The second kappa shape index (κ2) is 6.15. The number of ether oxygens (including phenoxy) is 1. The zero-order chi connectivity index (χ0) is 14.8. The van der Waals surface area contributed by atoms with Gasteiger partial charge in [0.15, 0.2) is 11.2 Å². The first-order chi connectivity index (χ1) is 10.1. The van der Waals surface area contributed by atoms with Gasteiger partial charge in [0.2, 0.25) is 0 Å². The molecule has 0 fully saturated rings. The summed E-state index contributed by atoms with van der Waals surface area (Å²) in [5.41, 5.74) is 1.14. The van der Waals surface area contributed by atoms with Gasteiger partial charge in [-0.3, -0.25) is 10.1 Å². The van der Waals surface area contributed by atoms with Crippen LogP contribution in [0.25, 0.3) is 0 Å². The topological polar surface area (TPSA) is 51.2 Å². The quantitative estimate of drug-likeness (QED) is 0.894. The van der Waals surface area contributed by atoms with Crippen LogP contribution in [0.15, 0.2) is 28.7 Å². The lowest BCUT2D eigenvalue weighted by molar-refractivity contribution is -0.122. The third-order valence-electron chi connectivity index (χ3n) is 3.32. The Morgan fingerprint density at radius 2 is 2.14 bits per heavy atom. The van der Waals surface area contributed by atoms with E-state index in [-0.39, 0.29) is 5.91 Å². The summed E-state index contributed by atoms with van der Waals surface area (Å²) in [6, 6.07) is 7.41. The summed E-state index contributed by atoms with van der Waals surface area (Å²) < 4.78 is 6.60. The Bertz CT molecular complexity index is 633. The van der Waals surface area contributed by atoms with Crippen LogP contribution in [0.4, 0.5) is 5.13 Å². The van der Waals surface area contributed by atoms with Crippen LogP contribution in [0.3, 0.4) is 0 Å². The summed E-state index contributed by atoms with van der Waals surface area (Å²) in [6.07, 6.45) is 2.70. The molecule has 0 unspecified atom stereocenters. The van der Waals surface area contributed by atoms with Crippen LogP contribution in [0.1, 0.15) is 23.9 Å². The van der Waals surface area contributed by atoms with E-state index in [9.17, 15) is 4.79 Å². The molecule has 1 amide bonds. The maximum Gasteiger partial charge on any atom is 0.266 e. The van der Waals surface area contributed by atoms with Crippen molar-refractivity contribution in [2.45, 2.75) is 32.3 Å². The van der Waals surface area contributed by atoms with Gasteiger partial charge in [0, 0.05) is 9.35 Å². The van der Waals surface area contributed by atoms with Gasteiger partial charge < -0.3 is 4.74 Å². The highest BCUT2D eigenvalue weighted by Crippen LogP contribution is 2.30. The summed E-state index contributed by atoms with van der Waals surface area (Å²) in [6.45, 7) is 1.73. The van der Waals surface area contributed by atoms with E-state index < -0.39 is 6.10 Å². The molecule has 0 saturated heterocycles. The Morgan fingerprint density at radius 1 is 1.38 bits per heavy atom. The van der Waals surface area contributed by atoms with E-state index in [0.717, 1.165) is 23.0 Å². The number of carbonyl (C=O) groups is 1. The van der Waals surface area contributed by atoms with E-state index >= 15 is 0 Å². The smallest absolute Gasteiger partial charge is 0.266 e. The number of halogens is 1. The summed E-state index contributed by atoms with van der Waals surface area (Å²) in [4.78, 5) is 17.9. The molecule has 1 aliphatic carbocycles. The summed E-state index contributed by atoms with van der Waals surface area (Å²) >= 11 is 4.94. The van der Waals surface area contributed by atoms with Crippen molar-refractivity contribution in [3.8, 4) is 5.75 Å². The maximum absolute atomic E-state index is 12.1. The molecule has 1 aliphatic rings. The van der Waals surface area contributed by atoms with E-state index in [2.05, 4.69) is 26.2 Å². The lowest BCUT2D eigenvalue weighted by atomic mass is 10.3. The number of hydrogen-bond donors (Lipinski definition) is 1. The van der Waals surface area contributed by atoms with Crippen molar-refractivity contribution in [1.82, 2.24) is 4.98 Å². The molecule has 0 radical (unpaired) electrons. The normalized spacial score (nSPS) is 14.6. The van der Waals surface area contributed by atoms with Gasteiger partial charge in [-0.05, 0) is 50.5 Å². The Kier molecular flexibility index (Phi) is 4.26. The highest BCUT2D eigenvalue weighted by atomic mass is 79.9. The van der Waals surface area contributed by atoms with Crippen molar-refractivity contribution in [1.29, 1.82) is 0 Å². The molecule has 0 aliphatic heterocycles. The Labute approximate surface area is 135 Å². The minimum absolute atomic E-state index is 0.176. The van der Waals surface area contributed by atoms with Crippen LogP contribution in [-0.4, -0.2) is 17.0 Å². The zero-order valence-corrected chi connectivity index (χ0v) is 14.0. The second-order valence-corrected chi connectivity index (χ2v) is 6.94. The Morgan fingerprint density at radius 3 is 2.86 bits per heavy atom. The number of thiazole rings is 1. The second-order valence-electron chi connectivity index (χ2n) is 4.95. The number of fused-ring (bicyclic) bond motifs is 1. The maximum atomic E-state index is 12.1. The van der Waals surface area contributed by atoms with Gasteiger partial charge in [0.05, 0.1) is 5.69 Å². The monoisotopic (exact) mass is 366 g/mol. The molecule has 6 heteroatoms. The molecule has 0 spiro atoms. The summed E-state index contributed by atoms with van der Waals surface area (Å²) in [7, 11) is 0. The molecule has 110 valence electrons. The predicted octanol–water partition coefficient (Wildman–Crippen LogP) is 3.80. The van der Waals surface area contributed by atoms with Crippen LogP contribution >= 0.6 is 27.3 Å². The van der Waals surface area contributed by atoms with Crippen LogP contribution in [0.5, 0.6) is 5.75 Å². The first-order valence-corrected chi connectivity index (χ1v) is 8.44. The van der Waals surface area contributed by atoms with E-state index in [1.165, 1.54) is 11.3 Å². The lowest BCUT2D eigenvalue weighted by Gasteiger charge is -2.13. The highest BCUT2D eigenvalue weighted by Gasteiger charge is 2.20. The average molecular weight is 367 g/mol. The van der Waals surface area contributed by atoms with Gasteiger partial charge in [0.1, 0.15) is 5.75 Å². The Balaban J connectivity index is 1.60. The van der Waals surface area contributed by atoms with E-state index in [0.29, 0.717) is 10.9 Å². The van der Waals surface area contributed by atoms with E-state index in [1.807, 2.05) is 24.3 Å². The molecule has 1 N–H and O–H groups in total. The molecule has 21 heavy (non-hydrogen) atoms. The zero-order valence-electron chi connectivity index (χ0n) is 11.6.